The predicted molar refractivity (Wildman–Crippen MR) is 125 cm³/mol. The number of thiophene rings is 1. The van der Waals surface area contributed by atoms with E-state index in [1.54, 1.807) is 18.2 Å². The van der Waals surface area contributed by atoms with Crippen LogP contribution in [0.4, 0.5) is 0 Å². The van der Waals surface area contributed by atoms with E-state index in [4.69, 9.17) is 16.1 Å². The van der Waals surface area contributed by atoms with Gasteiger partial charge in [-0.3, -0.25) is 19.1 Å². The molecule has 0 atom stereocenters. The molecule has 4 heterocycles. The number of nitrogens with zero attached hydrogens (tertiary/aromatic N) is 6. The minimum Gasteiger partial charge on any atom is -0.340 e. The quantitative estimate of drug-likeness (QED) is 0.415. The lowest BCUT2D eigenvalue weighted by molar-refractivity contribution is -0.133. The van der Waals surface area contributed by atoms with Gasteiger partial charge in [0.2, 0.25) is 17.6 Å². The first-order valence-corrected chi connectivity index (χ1v) is 11.8. The number of fused-ring (bicyclic) bond motifs is 1. The Morgan fingerprint density at radius 1 is 1.12 bits per heavy atom. The van der Waals surface area contributed by atoms with Crippen molar-refractivity contribution in [2.45, 2.75) is 19.5 Å². The van der Waals surface area contributed by atoms with Crippen molar-refractivity contribution < 1.29 is 9.32 Å². The summed E-state index contributed by atoms with van der Waals surface area (Å²) in [7, 11) is 0. The molecule has 0 spiro atoms. The molecule has 0 radical (unpaired) electrons. The maximum atomic E-state index is 12.7. The van der Waals surface area contributed by atoms with Crippen LogP contribution < -0.4 is 5.56 Å². The molecule has 9 nitrogen and oxygen atoms in total. The maximum absolute atomic E-state index is 12.7. The molecule has 11 heteroatoms. The largest absolute Gasteiger partial charge is 0.340 e. The Morgan fingerprint density at radius 2 is 1.91 bits per heavy atom. The molecule has 170 valence electrons. The minimum absolute atomic E-state index is 0.0368. The van der Waals surface area contributed by atoms with Crippen LogP contribution in [0.15, 0.2) is 51.4 Å². The zero-order valence-corrected chi connectivity index (χ0v) is 19.3. The second-order valence-corrected chi connectivity index (χ2v) is 9.14. The summed E-state index contributed by atoms with van der Waals surface area (Å²) in [5.74, 6) is 1.10. The van der Waals surface area contributed by atoms with Gasteiger partial charge in [-0.1, -0.05) is 16.8 Å². The number of carbonyl (C=O) groups is 1. The van der Waals surface area contributed by atoms with Crippen LogP contribution in [0.2, 0.25) is 5.02 Å². The van der Waals surface area contributed by atoms with Crippen molar-refractivity contribution in [2.24, 2.45) is 0 Å². The van der Waals surface area contributed by atoms with Crippen LogP contribution in [0.5, 0.6) is 0 Å². The van der Waals surface area contributed by atoms with Gasteiger partial charge in [0.15, 0.2) is 0 Å². The standard InChI is InChI=1S/C22H21ClN6O3S/c23-16-3-1-15(2-4-16)20-25-18(32-26-20)13-27-8-10-28(11-9-27)19(30)5-7-29-14-24-21-17(22(29)31)6-12-33-21/h1-4,6,12,14H,5,7-11,13H2. The van der Waals surface area contributed by atoms with Gasteiger partial charge >= 0.3 is 0 Å². The van der Waals surface area contributed by atoms with Gasteiger partial charge in [-0.05, 0) is 35.7 Å². The Hall–Kier alpha value is -3.08. The molecule has 1 fully saturated rings. The van der Waals surface area contributed by atoms with Gasteiger partial charge in [-0.25, -0.2) is 4.98 Å². The average Bonchev–Trinajstić information content (AvgIpc) is 3.50. The van der Waals surface area contributed by atoms with Gasteiger partial charge in [0, 0.05) is 49.7 Å². The second-order valence-electron chi connectivity index (χ2n) is 7.81. The van der Waals surface area contributed by atoms with E-state index in [0.717, 1.165) is 10.4 Å². The molecule has 0 saturated carbocycles. The number of aryl methyl sites for hydroxylation is 1. The van der Waals surface area contributed by atoms with Gasteiger partial charge < -0.3 is 9.42 Å². The van der Waals surface area contributed by atoms with Gasteiger partial charge in [-0.15, -0.1) is 11.3 Å². The van der Waals surface area contributed by atoms with Gasteiger partial charge in [0.1, 0.15) is 4.83 Å². The molecule has 4 aromatic rings. The van der Waals surface area contributed by atoms with Crippen molar-refractivity contribution >= 4 is 39.1 Å². The number of benzene rings is 1. The molecule has 0 N–H and O–H groups in total. The lowest BCUT2D eigenvalue weighted by atomic mass is 10.2. The van der Waals surface area contributed by atoms with E-state index in [1.807, 2.05) is 22.4 Å². The molecule has 0 aliphatic carbocycles. The Morgan fingerprint density at radius 3 is 2.70 bits per heavy atom. The zero-order valence-electron chi connectivity index (χ0n) is 17.7. The highest BCUT2D eigenvalue weighted by Gasteiger charge is 2.23. The predicted octanol–water partition coefficient (Wildman–Crippen LogP) is 2.90. The monoisotopic (exact) mass is 484 g/mol. The van der Waals surface area contributed by atoms with E-state index < -0.39 is 0 Å². The molecule has 0 unspecified atom stereocenters. The van der Waals surface area contributed by atoms with Gasteiger partial charge in [0.25, 0.3) is 5.56 Å². The van der Waals surface area contributed by atoms with Crippen LogP contribution in [0, 0.1) is 0 Å². The summed E-state index contributed by atoms with van der Waals surface area (Å²) in [6.07, 6.45) is 1.79. The Bertz CT molecular complexity index is 1320. The van der Waals surface area contributed by atoms with Crippen LogP contribution in [-0.4, -0.2) is 61.6 Å². The lowest BCUT2D eigenvalue weighted by Crippen LogP contribution is -2.48. The highest BCUT2D eigenvalue weighted by Crippen LogP contribution is 2.19. The number of piperazine rings is 1. The number of rotatable bonds is 6. The Balaban J connectivity index is 1.12. The minimum atomic E-state index is -0.101. The van der Waals surface area contributed by atoms with Crippen molar-refractivity contribution in [3.05, 3.63) is 63.3 Å². The lowest BCUT2D eigenvalue weighted by Gasteiger charge is -2.34. The summed E-state index contributed by atoms with van der Waals surface area (Å²) in [6, 6.07) is 9.05. The van der Waals surface area contributed by atoms with Crippen molar-refractivity contribution in [3.63, 3.8) is 0 Å². The molecular formula is C22H21ClN6O3S. The van der Waals surface area contributed by atoms with E-state index >= 15 is 0 Å². The molecule has 0 bridgehead atoms. The van der Waals surface area contributed by atoms with Crippen LogP contribution in [0.1, 0.15) is 12.3 Å². The normalized spacial score (nSPS) is 14.8. The third-order valence-electron chi connectivity index (χ3n) is 5.67. The van der Waals surface area contributed by atoms with Crippen LogP contribution in [0.25, 0.3) is 21.6 Å². The maximum Gasteiger partial charge on any atom is 0.262 e. The van der Waals surface area contributed by atoms with Crippen molar-refractivity contribution in [1.29, 1.82) is 0 Å². The smallest absolute Gasteiger partial charge is 0.262 e. The van der Waals surface area contributed by atoms with E-state index in [9.17, 15) is 9.59 Å². The number of halogens is 1. The summed E-state index contributed by atoms with van der Waals surface area (Å²) < 4.78 is 6.91. The van der Waals surface area contributed by atoms with E-state index in [-0.39, 0.29) is 17.9 Å². The molecule has 1 aromatic carbocycles. The van der Waals surface area contributed by atoms with Gasteiger partial charge in [0.05, 0.1) is 18.3 Å². The number of hydrogen-bond donors (Lipinski definition) is 0. The molecule has 1 aliphatic rings. The Kier molecular flexibility index (Phi) is 6.21. The van der Waals surface area contributed by atoms with Crippen LogP contribution in [0.3, 0.4) is 0 Å². The number of aromatic nitrogens is 4. The molecular weight excluding hydrogens is 464 g/mol. The average molecular weight is 485 g/mol. The molecule has 1 amide bonds. The fourth-order valence-electron chi connectivity index (χ4n) is 3.81. The van der Waals surface area contributed by atoms with Gasteiger partial charge in [-0.2, -0.15) is 4.98 Å². The summed E-state index contributed by atoms with van der Waals surface area (Å²) in [5.41, 5.74) is 0.744. The molecule has 5 rings (SSSR count). The fourth-order valence-corrected chi connectivity index (χ4v) is 4.66. The third kappa shape index (κ3) is 4.82. The highest BCUT2D eigenvalue weighted by molar-refractivity contribution is 7.16. The summed E-state index contributed by atoms with van der Waals surface area (Å²) >= 11 is 7.36. The van der Waals surface area contributed by atoms with Crippen molar-refractivity contribution in [1.82, 2.24) is 29.5 Å². The summed E-state index contributed by atoms with van der Waals surface area (Å²) in [4.78, 5) is 38.6. The van der Waals surface area contributed by atoms with E-state index in [2.05, 4.69) is 20.0 Å². The summed E-state index contributed by atoms with van der Waals surface area (Å²) in [5, 5.41) is 7.15. The first kappa shape index (κ1) is 21.7. The van der Waals surface area contributed by atoms with Crippen LogP contribution in [-0.2, 0) is 17.9 Å². The van der Waals surface area contributed by atoms with E-state index in [0.29, 0.717) is 61.4 Å². The first-order chi connectivity index (χ1) is 16.1. The fraction of sp³-hybridized carbons (Fsp3) is 0.318. The molecule has 1 saturated heterocycles. The van der Waals surface area contributed by atoms with E-state index in [1.165, 1.54) is 22.2 Å². The Labute approximate surface area is 198 Å². The number of carbonyl (C=O) groups excluding carboxylic acids is 1. The molecule has 1 aliphatic heterocycles. The zero-order chi connectivity index (χ0) is 22.8. The number of hydrogen-bond acceptors (Lipinski definition) is 8. The third-order valence-corrected chi connectivity index (χ3v) is 6.74. The molecule has 33 heavy (non-hydrogen) atoms. The molecule has 3 aromatic heterocycles. The topological polar surface area (TPSA) is 97.4 Å². The highest BCUT2D eigenvalue weighted by atomic mass is 35.5. The SMILES string of the molecule is O=C(CCn1cnc2sccc2c1=O)N1CCN(Cc2nc(-c3ccc(Cl)cc3)no2)CC1. The first-order valence-electron chi connectivity index (χ1n) is 10.6. The van der Waals surface area contributed by atoms with Crippen molar-refractivity contribution in [2.75, 3.05) is 26.2 Å². The second kappa shape index (κ2) is 9.42. The van der Waals surface area contributed by atoms with Crippen molar-refractivity contribution in [3.8, 4) is 11.4 Å². The van der Waals surface area contributed by atoms with Crippen LogP contribution >= 0.6 is 22.9 Å². The number of amides is 1. The summed E-state index contributed by atoms with van der Waals surface area (Å²) in [6.45, 7) is 3.53.